The Morgan fingerprint density at radius 1 is 1.12 bits per heavy atom. The largest absolute Gasteiger partial charge is 0.382 e. The fraction of sp³-hybridized carbons (Fsp3) is 0.227. The number of likely N-dealkylation sites (N-methyl/N-ethyl adjacent to an activating group) is 1. The lowest BCUT2D eigenvalue weighted by atomic mass is 10.1. The molecule has 0 spiro atoms. The average Bonchev–Trinajstić information content (AvgIpc) is 3.11. The van der Waals surface area contributed by atoms with Crippen LogP contribution in [0.15, 0.2) is 42.5 Å². The van der Waals surface area contributed by atoms with Gasteiger partial charge in [0.2, 0.25) is 5.78 Å². The highest BCUT2D eigenvalue weighted by atomic mass is 32.1. The number of nitrogens with two attached hydrogens (primary N) is 1. The quantitative estimate of drug-likeness (QED) is 0.445. The van der Waals surface area contributed by atoms with Crippen molar-refractivity contribution in [1.82, 2.24) is 15.2 Å². The van der Waals surface area contributed by atoms with Gasteiger partial charge in [0.1, 0.15) is 22.3 Å². The van der Waals surface area contributed by atoms with E-state index in [0.717, 1.165) is 23.5 Å². The molecule has 4 N–H and O–H groups in total. The molecule has 0 radical (unpaired) electrons. The number of ketones is 1. The van der Waals surface area contributed by atoms with E-state index in [1.807, 2.05) is 25.9 Å². The van der Waals surface area contributed by atoms with Gasteiger partial charge in [-0.2, -0.15) is 0 Å². The molecule has 0 bridgehead atoms. The van der Waals surface area contributed by atoms with E-state index >= 15 is 0 Å². The van der Waals surface area contributed by atoms with E-state index < -0.39 is 23.0 Å². The maximum absolute atomic E-state index is 13.9. The van der Waals surface area contributed by atoms with Crippen molar-refractivity contribution >= 4 is 39.7 Å². The molecule has 0 aliphatic heterocycles. The summed E-state index contributed by atoms with van der Waals surface area (Å²) >= 11 is 0.885. The van der Waals surface area contributed by atoms with Gasteiger partial charge in [-0.15, -0.1) is 0 Å². The minimum Gasteiger partial charge on any atom is -0.382 e. The molecule has 7 nitrogen and oxygen atoms in total. The molecule has 0 aliphatic carbocycles. The number of carbonyl (C=O) groups is 2. The fourth-order valence-corrected chi connectivity index (χ4v) is 3.58. The monoisotopic (exact) mass is 459 g/mol. The first kappa shape index (κ1) is 23.3. The Kier molecular flexibility index (Phi) is 7.16. The van der Waals surface area contributed by atoms with Crippen LogP contribution in [-0.4, -0.2) is 48.3 Å². The summed E-state index contributed by atoms with van der Waals surface area (Å²) in [6.45, 7) is 2.52. The summed E-state index contributed by atoms with van der Waals surface area (Å²) < 4.78 is 27.9. The predicted molar refractivity (Wildman–Crippen MR) is 122 cm³/mol. The Bertz CT molecular complexity index is 1110. The molecule has 3 aromatic rings. The van der Waals surface area contributed by atoms with Gasteiger partial charge in [0, 0.05) is 23.8 Å². The molecular weight excluding hydrogens is 436 g/mol. The number of aromatic nitrogens is 1. The number of hydrogen-bond acceptors (Lipinski definition) is 7. The molecule has 3 rings (SSSR count). The van der Waals surface area contributed by atoms with Crippen LogP contribution in [-0.2, 0) is 0 Å². The lowest BCUT2D eigenvalue weighted by Gasteiger charge is -2.19. The lowest BCUT2D eigenvalue weighted by Crippen LogP contribution is -2.38. The topological polar surface area (TPSA) is 100 Å². The molecule has 1 atom stereocenters. The summed E-state index contributed by atoms with van der Waals surface area (Å²) in [7, 11) is 3.88. The highest BCUT2D eigenvalue weighted by molar-refractivity contribution is 7.18. The first-order valence-electron chi connectivity index (χ1n) is 9.74. The summed E-state index contributed by atoms with van der Waals surface area (Å²) in [6, 6.07) is 10.0. The molecule has 0 saturated carbocycles. The van der Waals surface area contributed by atoms with E-state index in [1.165, 1.54) is 6.07 Å². The van der Waals surface area contributed by atoms with Crippen LogP contribution < -0.4 is 16.4 Å². The molecule has 1 aromatic heterocycles. The van der Waals surface area contributed by atoms with Crippen molar-refractivity contribution in [2.24, 2.45) is 0 Å². The van der Waals surface area contributed by atoms with Crippen molar-refractivity contribution in [1.29, 1.82) is 0 Å². The van der Waals surface area contributed by atoms with Crippen molar-refractivity contribution in [3.05, 3.63) is 70.1 Å². The SMILES string of the molecule is C[C@@H](CNC(=O)c1ccc(Nc2nc(N)c(C(=O)c3c(F)cccc3F)s2)cc1)N(C)C. The number of anilines is 3. The molecule has 1 heterocycles. The maximum atomic E-state index is 13.9. The van der Waals surface area contributed by atoms with Crippen molar-refractivity contribution in [3.8, 4) is 0 Å². The first-order valence-corrected chi connectivity index (χ1v) is 10.6. The van der Waals surface area contributed by atoms with E-state index in [9.17, 15) is 18.4 Å². The lowest BCUT2D eigenvalue weighted by molar-refractivity contribution is 0.0943. The zero-order valence-electron chi connectivity index (χ0n) is 17.8. The van der Waals surface area contributed by atoms with Gasteiger partial charge < -0.3 is 21.3 Å². The van der Waals surface area contributed by atoms with Crippen molar-refractivity contribution in [2.45, 2.75) is 13.0 Å². The Balaban J connectivity index is 1.70. The number of nitrogens with zero attached hydrogens (tertiary/aromatic N) is 2. The first-order chi connectivity index (χ1) is 15.2. The standard InChI is InChI=1S/C22H23F2N5O2S/c1-12(29(2)3)11-26-21(31)13-7-9-14(10-8-13)27-22-28-20(25)19(32-22)18(30)17-15(23)5-4-6-16(17)24/h4-10,12H,11,25H2,1-3H3,(H,26,31)(H,27,28)/t12-/m0/s1. The number of halogens is 2. The molecule has 10 heteroatoms. The van der Waals surface area contributed by atoms with Crippen molar-refractivity contribution in [2.75, 3.05) is 31.7 Å². The Hall–Kier alpha value is -3.37. The predicted octanol–water partition coefficient (Wildman–Crippen LogP) is 3.66. The van der Waals surface area contributed by atoms with E-state index in [0.29, 0.717) is 17.8 Å². The molecule has 0 fully saturated rings. The normalized spacial score (nSPS) is 11.9. The second kappa shape index (κ2) is 9.84. The summed E-state index contributed by atoms with van der Waals surface area (Å²) in [6.07, 6.45) is 0. The zero-order chi connectivity index (χ0) is 23.4. The van der Waals surface area contributed by atoms with E-state index in [-0.39, 0.29) is 27.8 Å². The van der Waals surface area contributed by atoms with Gasteiger partial charge in [-0.1, -0.05) is 17.4 Å². The highest BCUT2D eigenvalue weighted by Gasteiger charge is 2.24. The molecule has 0 unspecified atom stereocenters. The molecule has 1 amide bonds. The number of benzene rings is 2. The minimum absolute atomic E-state index is 0.0671. The van der Waals surface area contributed by atoms with Crippen LogP contribution in [0.4, 0.5) is 25.4 Å². The van der Waals surface area contributed by atoms with Crippen LogP contribution in [0.3, 0.4) is 0 Å². The number of amides is 1. The average molecular weight is 460 g/mol. The van der Waals surface area contributed by atoms with Crippen LogP contribution in [0.2, 0.25) is 0 Å². The van der Waals surface area contributed by atoms with Crippen LogP contribution in [0.25, 0.3) is 0 Å². The summed E-state index contributed by atoms with van der Waals surface area (Å²) in [5, 5.41) is 6.13. The number of rotatable bonds is 8. The second-order valence-corrected chi connectivity index (χ2v) is 8.38. The minimum atomic E-state index is -0.967. The van der Waals surface area contributed by atoms with Gasteiger partial charge in [-0.05, 0) is 57.4 Å². The van der Waals surface area contributed by atoms with E-state index in [2.05, 4.69) is 15.6 Å². The van der Waals surface area contributed by atoms with Crippen molar-refractivity contribution < 1.29 is 18.4 Å². The van der Waals surface area contributed by atoms with Gasteiger partial charge in [0.15, 0.2) is 5.13 Å². The van der Waals surface area contributed by atoms with Gasteiger partial charge in [-0.25, -0.2) is 13.8 Å². The Morgan fingerprint density at radius 3 is 2.34 bits per heavy atom. The van der Waals surface area contributed by atoms with Crippen LogP contribution in [0.5, 0.6) is 0 Å². The Labute approximate surface area is 188 Å². The number of carbonyl (C=O) groups excluding carboxylic acids is 2. The highest BCUT2D eigenvalue weighted by Crippen LogP contribution is 2.31. The van der Waals surface area contributed by atoms with Crippen LogP contribution in [0, 0.1) is 11.6 Å². The molecule has 32 heavy (non-hydrogen) atoms. The third-order valence-electron chi connectivity index (χ3n) is 4.89. The van der Waals surface area contributed by atoms with E-state index in [4.69, 9.17) is 5.73 Å². The third kappa shape index (κ3) is 5.27. The van der Waals surface area contributed by atoms with Gasteiger partial charge in [0.05, 0.1) is 5.56 Å². The second-order valence-electron chi connectivity index (χ2n) is 7.38. The van der Waals surface area contributed by atoms with Crippen LogP contribution >= 0.6 is 11.3 Å². The molecule has 0 aliphatic rings. The molecule has 168 valence electrons. The number of nitrogens with one attached hydrogen (secondary N) is 2. The molecule has 0 saturated heterocycles. The summed E-state index contributed by atoms with van der Waals surface area (Å²) in [5.74, 6) is -3.13. The smallest absolute Gasteiger partial charge is 0.251 e. The number of hydrogen-bond donors (Lipinski definition) is 3. The van der Waals surface area contributed by atoms with Crippen molar-refractivity contribution in [3.63, 3.8) is 0 Å². The van der Waals surface area contributed by atoms with Gasteiger partial charge >= 0.3 is 0 Å². The molecular formula is C22H23F2N5O2S. The Morgan fingerprint density at radius 2 is 1.75 bits per heavy atom. The van der Waals surface area contributed by atoms with Gasteiger partial charge in [-0.3, -0.25) is 9.59 Å². The summed E-state index contributed by atoms with van der Waals surface area (Å²) in [4.78, 5) is 30.9. The third-order valence-corrected chi connectivity index (χ3v) is 5.87. The fourth-order valence-electron chi connectivity index (χ4n) is 2.73. The zero-order valence-corrected chi connectivity index (χ0v) is 18.6. The van der Waals surface area contributed by atoms with Crippen LogP contribution in [0.1, 0.15) is 32.5 Å². The molecule has 2 aromatic carbocycles. The number of thiazole rings is 1. The number of nitrogen functional groups attached to an aromatic ring is 1. The van der Waals surface area contributed by atoms with E-state index in [1.54, 1.807) is 24.3 Å². The summed E-state index contributed by atoms with van der Waals surface area (Å²) in [5.41, 5.74) is 6.24. The maximum Gasteiger partial charge on any atom is 0.251 e. The van der Waals surface area contributed by atoms with Gasteiger partial charge in [0.25, 0.3) is 5.91 Å².